The van der Waals surface area contributed by atoms with Gasteiger partial charge in [0.15, 0.2) is 0 Å². The lowest BCUT2D eigenvalue weighted by Crippen LogP contribution is -2.43. The maximum Gasteiger partial charge on any atom is 0.262 e. The third-order valence-corrected chi connectivity index (χ3v) is 4.85. The normalized spacial score (nSPS) is 19.2. The molecule has 0 aromatic carbocycles. The number of sulfonamides is 1. The predicted molar refractivity (Wildman–Crippen MR) is 65.0 cm³/mol. The number of hydrogen-bond acceptors (Lipinski definition) is 4. The summed E-state index contributed by atoms with van der Waals surface area (Å²) < 4.78 is 31.1. The summed E-state index contributed by atoms with van der Waals surface area (Å²) in [5.74, 6) is -0.541. The molecule has 1 amide bonds. The van der Waals surface area contributed by atoms with Gasteiger partial charge in [0.1, 0.15) is 6.10 Å². The first-order chi connectivity index (χ1) is 8.01. The van der Waals surface area contributed by atoms with Crippen molar-refractivity contribution in [2.24, 2.45) is 0 Å². The average molecular weight is 263 g/mol. The minimum Gasteiger partial charge on any atom is -0.369 e. The van der Waals surface area contributed by atoms with Crippen molar-refractivity contribution >= 4 is 15.9 Å². The van der Waals surface area contributed by atoms with Crippen LogP contribution in [0, 0.1) is 0 Å². The fraction of sp³-hybridized carbons (Fsp3) is 0.909. The Morgan fingerprint density at radius 2 is 1.94 bits per heavy atom. The van der Waals surface area contributed by atoms with E-state index in [-0.39, 0.29) is 0 Å². The van der Waals surface area contributed by atoms with E-state index in [0.717, 1.165) is 12.8 Å². The molecule has 6 heteroatoms. The molecule has 0 aromatic heterocycles. The quantitative estimate of drug-likeness (QED) is 0.781. The molecule has 1 fully saturated rings. The van der Waals surface area contributed by atoms with Crippen LogP contribution in [0.3, 0.4) is 0 Å². The molecule has 1 saturated carbocycles. The lowest BCUT2D eigenvalue weighted by Gasteiger charge is -2.17. The van der Waals surface area contributed by atoms with Gasteiger partial charge in [0.05, 0.1) is 5.25 Å². The summed E-state index contributed by atoms with van der Waals surface area (Å²) in [5, 5.41) is -0.411. The van der Waals surface area contributed by atoms with Crippen molar-refractivity contribution in [1.29, 1.82) is 0 Å². The molecule has 0 radical (unpaired) electrons. The predicted octanol–water partition coefficient (Wildman–Crippen LogP) is 1.19. The highest BCUT2D eigenvalue weighted by Gasteiger charge is 2.31. The maximum atomic E-state index is 11.9. The molecule has 0 saturated heterocycles. The van der Waals surface area contributed by atoms with Gasteiger partial charge in [-0.3, -0.25) is 9.52 Å². The number of ether oxygens (including phenoxy) is 1. The fourth-order valence-corrected chi connectivity index (χ4v) is 3.60. The molecular weight excluding hydrogens is 242 g/mol. The van der Waals surface area contributed by atoms with Gasteiger partial charge in [0.25, 0.3) is 5.91 Å². The number of hydrogen-bond donors (Lipinski definition) is 1. The van der Waals surface area contributed by atoms with E-state index >= 15 is 0 Å². The highest BCUT2D eigenvalue weighted by molar-refractivity contribution is 7.90. The lowest BCUT2D eigenvalue weighted by atomic mass is 10.3. The Labute approximate surface area is 103 Å². The summed E-state index contributed by atoms with van der Waals surface area (Å²) in [6.07, 6.45) is 2.93. The van der Waals surface area contributed by atoms with Gasteiger partial charge >= 0.3 is 0 Å². The smallest absolute Gasteiger partial charge is 0.262 e. The zero-order valence-corrected chi connectivity index (χ0v) is 11.3. The largest absolute Gasteiger partial charge is 0.369 e. The number of amides is 1. The van der Waals surface area contributed by atoms with Gasteiger partial charge in [-0.15, -0.1) is 0 Å². The van der Waals surface area contributed by atoms with Crippen LogP contribution in [0.1, 0.15) is 46.0 Å². The monoisotopic (exact) mass is 263 g/mol. The van der Waals surface area contributed by atoms with Gasteiger partial charge in [0, 0.05) is 6.61 Å². The third-order valence-electron chi connectivity index (χ3n) is 3.01. The van der Waals surface area contributed by atoms with Crippen LogP contribution in [0.25, 0.3) is 0 Å². The molecule has 0 spiro atoms. The Balaban J connectivity index is 2.59. The van der Waals surface area contributed by atoms with Crippen LogP contribution in [0.4, 0.5) is 0 Å². The van der Waals surface area contributed by atoms with Gasteiger partial charge < -0.3 is 4.74 Å². The molecule has 0 aromatic rings. The Morgan fingerprint density at radius 1 is 1.35 bits per heavy atom. The number of nitrogens with one attached hydrogen (secondary N) is 1. The molecule has 17 heavy (non-hydrogen) atoms. The molecule has 0 heterocycles. The van der Waals surface area contributed by atoms with Crippen molar-refractivity contribution in [3.63, 3.8) is 0 Å². The van der Waals surface area contributed by atoms with Gasteiger partial charge in [-0.1, -0.05) is 19.8 Å². The standard InChI is InChI=1S/C11H21NO4S/c1-3-10(16-4-2)11(13)12-17(14,15)9-7-5-6-8-9/h9-10H,3-8H2,1-2H3,(H,12,13). The van der Waals surface area contributed by atoms with Crippen LogP contribution in [-0.4, -0.2) is 32.3 Å². The first kappa shape index (κ1) is 14.4. The van der Waals surface area contributed by atoms with Gasteiger partial charge in [-0.05, 0) is 26.2 Å². The van der Waals surface area contributed by atoms with E-state index in [4.69, 9.17) is 4.74 Å². The minimum absolute atomic E-state index is 0.398. The van der Waals surface area contributed by atoms with Crippen LogP contribution in [0.5, 0.6) is 0 Å². The maximum absolute atomic E-state index is 11.9. The number of rotatable bonds is 6. The molecule has 1 atom stereocenters. The molecule has 0 bridgehead atoms. The second-order valence-corrected chi connectivity index (χ2v) is 6.23. The molecule has 100 valence electrons. The SMILES string of the molecule is CCOC(CC)C(=O)NS(=O)(=O)C1CCCC1. The van der Waals surface area contributed by atoms with Crippen molar-refractivity contribution in [3.8, 4) is 0 Å². The molecule has 0 aliphatic heterocycles. The highest BCUT2D eigenvalue weighted by atomic mass is 32.2. The van der Waals surface area contributed by atoms with Crippen LogP contribution in [0.15, 0.2) is 0 Å². The Morgan fingerprint density at radius 3 is 2.41 bits per heavy atom. The zero-order chi connectivity index (χ0) is 12.9. The number of carbonyl (C=O) groups excluding carboxylic acids is 1. The summed E-state index contributed by atoms with van der Waals surface area (Å²) in [6, 6.07) is 0. The summed E-state index contributed by atoms with van der Waals surface area (Å²) >= 11 is 0. The third kappa shape index (κ3) is 3.96. The Bertz CT molecular complexity index is 346. The average Bonchev–Trinajstić information content (AvgIpc) is 2.78. The molecular formula is C11H21NO4S. The molecule has 1 N–H and O–H groups in total. The second-order valence-electron chi connectivity index (χ2n) is 4.27. The van der Waals surface area contributed by atoms with E-state index in [9.17, 15) is 13.2 Å². The summed E-state index contributed by atoms with van der Waals surface area (Å²) in [4.78, 5) is 11.7. The first-order valence-corrected chi connectivity index (χ1v) is 7.73. The molecule has 1 aliphatic carbocycles. The van der Waals surface area contributed by atoms with Gasteiger partial charge in [0.2, 0.25) is 10.0 Å². The van der Waals surface area contributed by atoms with E-state index in [0.29, 0.717) is 25.9 Å². The molecule has 1 rings (SSSR count). The van der Waals surface area contributed by atoms with Gasteiger partial charge in [-0.2, -0.15) is 0 Å². The fourth-order valence-electron chi connectivity index (χ4n) is 2.07. The van der Waals surface area contributed by atoms with Crippen LogP contribution in [0.2, 0.25) is 0 Å². The van der Waals surface area contributed by atoms with Crippen molar-refractivity contribution in [3.05, 3.63) is 0 Å². The van der Waals surface area contributed by atoms with E-state index < -0.39 is 27.3 Å². The Hall–Kier alpha value is -0.620. The highest BCUT2D eigenvalue weighted by Crippen LogP contribution is 2.24. The van der Waals surface area contributed by atoms with Crippen LogP contribution < -0.4 is 4.72 Å². The summed E-state index contributed by atoms with van der Waals surface area (Å²) in [7, 11) is -3.51. The summed E-state index contributed by atoms with van der Waals surface area (Å²) in [5.41, 5.74) is 0. The summed E-state index contributed by atoms with van der Waals surface area (Å²) in [6.45, 7) is 3.97. The molecule has 1 aliphatic rings. The minimum atomic E-state index is -3.51. The van der Waals surface area contributed by atoms with Crippen molar-refractivity contribution in [2.45, 2.75) is 57.3 Å². The molecule has 5 nitrogen and oxygen atoms in total. The van der Waals surface area contributed by atoms with Crippen molar-refractivity contribution in [2.75, 3.05) is 6.61 Å². The topological polar surface area (TPSA) is 72.5 Å². The van der Waals surface area contributed by atoms with E-state index in [1.54, 1.807) is 13.8 Å². The second kappa shape index (κ2) is 6.35. The Kier molecular flexibility index (Phi) is 5.39. The number of carbonyl (C=O) groups is 1. The van der Waals surface area contributed by atoms with E-state index in [1.807, 2.05) is 0 Å². The van der Waals surface area contributed by atoms with E-state index in [1.165, 1.54) is 0 Å². The van der Waals surface area contributed by atoms with Crippen LogP contribution >= 0.6 is 0 Å². The van der Waals surface area contributed by atoms with Crippen LogP contribution in [-0.2, 0) is 19.6 Å². The van der Waals surface area contributed by atoms with Crippen molar-refractivity contribution < 1.29 is 17.9 Å². The van der Waals surface area contributed by atoms with E-state index in [2.05, 4.69) is 4.72 Å². The first-order valence-electron chi connectivity index (χ1n) is 6.18. The molecule has 1 unspecified atom stereocenters. The zero-order valence-electron chi connectivity index (χ0n) is 10.4. The van der Waals surface area contributed by atoms with Gasteiger partial charge in [-0.25, -0.2) is 8.42 Å². The van der Waals surface area contributed by atoms with Crippen molar-refractivity contribution in [1.82, 2.24) is 4.72 Å². The lowest BCUT2D eigenvalue weighted by molar-refractivity contribution is -0.130.